The number of hydrogen-bond donors (Lipinski definition) is 2. The van der Waals surface area contributed by atoms with Gasteiger partial charge in [0, 0.05) is 18.7 Å². The van der Waals surface area contributed by atoms with Crippen LogP contribution in [0.25, 0.3) is 0 Å². The molecule has 0 unspecified atom stereocenters. The van der Waals surface area contributed by atoms with Crippen molar-refractivity contribution in [1.29, 1.82) is 0 Å². The lowest BCUT2D eigenvalue weighted by Gasteiger charge is -2.20. The summed E-state index contributed by atoms with van der Waals surface area (Å²) < 4.78 is 0. The molecule has 0 saturated carbocycles. The minimum Gasteiger partial charge on any atom is -0.352 e. The van der Waals surface area contributed by atoms with E-state index in [0.717, 1.165) is 44.5 Å². The van der Waals surface area contributed by atoms with E-state index in [0.29, 0.717) is 5.92 Å². The molecule has 19 heavy (non-hydrogen) atoms. The lowest BCUT2D eigenvalue weighted by Crippen LogP contribution is -2.32. The molecule has 2 N–H and O–H groups in total. The molecule has 1 aliphatic heterocycles. The summed E-state index contributed by atoms with van der Waals surface area (Å²) in [6.07, 6.45) is 3.19. The predicted molar refractivity (Wildman–Crippen MR) is 78.3 cm³/mol. The van der Waals surface area contributed by atoms with Gasteiger partial charge in [0.05, 0.1) is 0 Å². The molecule has 0 aromatic heterocycles. The minimum atomic E-state index is 0.0886. The molecule has 0 fully saturated rings. The van der Waals surface area contributed by atoms with Gasteiger partial charge in [-0.2, -0.15) is 0 Å². The van der Waals surface area contributed by atoms with Gasteiger partial charge in [0.25, 0.3) is 5.91 Å². The number of carbonyl (C=O) groups is 1. The summed E-state index contributed by atoms with van der Waals surface area (Å²) in [6.45, 7) is 6.98. The molecule has 0 spiro atoms. The zero-order chi connectivity index (χ0) is 13.7. The topological polar surface area (TPSA) is 41.1 Å². The first-order chi connectivity index (χ1) is 9.26. The number of nitrogens with one attached hydrogen (secondary N) is 2. The number of carbonyl (C=O) groups excluding carboxylic acids is 1. The van der Waals surface area contributed by atoms with Gasteiger partial charge in [0.2, 0.25) is 0 Å². The zero-order valence-corrected chi connectivity index (χ0v) is 12.0. The Hall–Kier alpha value is -1.35. The van der Waals surface area contributed by atoms with E-state index >= 15 is 0 Å². The van der Waals surface area contributed by atoms with Crippen LogP contribution in [0.1, 0.15) is 48.2 Å². The molecule has 0 aliphatic carbocycles. The highest BCUT2D eigenvalue weighted by Crippen LogP contribution is 2.18. The third kappa shape index (κ3) is 3.35. The quantitative estimate of drug-likeness (QED) is 0.854. The van der Waals surface area contributed by atoms with Gasteiger partial charge in [-0.3, -0.25) is 4.79 Å². The van der Waals surface area contributed by atoms with Crippen LogP contribution >= 0.6 is 0 Å². The Labute approximate surface area is 115 Å². The van der Waals surface area contributed by atoms with Gasteiger partial charge in [-0.15, -0.1) is 0 Å². The summed E-state index contributed by atoms with van der Waals surface area (Å²) in [7, 11) is 0. The van der Waals surface area contributed by atoms with Crippen molar-refractivity contribution >= 4 is 5.91 Å². The lowest BCUT2D eigenvalue weighted by atomic mass is 9.95. The second-order valence-corrected chi connectivity index (χ2v) is 5.26. The van der Waals surface area contributed by atoms with E-state index < -0.39 is 0 Å². The van der Waals surface area contributed by atoms with Gasteiger partial charge in [-0.05, 0) is 36.1 Å². The summed E-state index contributed by atoms with van der Waals surface area (Å²) in [4.78, 5) is 12.3. The minimum absolute atomic E-state index is 0.0886. The van der Waals surface area contributed by atoms with Crippen LogP contribution in [0.4, 0.5) is 0 Å². The van der Waals surface area contributed by atoms with Crippen LogP contribution in [0.15, 0.2) is 18.2 Å². The molecule has 1 aliphatic rings. The van der Waals surface area contributed by atoms with Crippen molar-refractivity contribution in [3.63, 3.8) is 0 Å². The van der Waals surface area contributed by atoms with Crippen molar-refractivity contribution < 1.29 is 4.79 Å². The van der Waals surface area contributed by atoms with Gasteiger partial charge in [0.1, 0.15) is 0 Å². The SMILES string of the molecule is CCC(CC)CNC(=O)c1cccc2c1CCNC2. The van der Waals surface area contributed by atoms with Crippen LogP contribution in [0, 0.1) is 5.92 Å². The normalized spacial score (nSPS) is 14.3. The van der Waals surface area contributed by atoms with Gasteiger partial charge in [-0.1, -0.05) is 38.8 Å². The Morgan fingerprint density at radius 2 is 2.16 bits per heavy atom. The Kier molecular flexibility index (Phi) is 4.97. The largest absolute Gasteiger partial charge is 0.352 e. The third-order valence-corrected chi connectivity index (χ3v) is 4.09. The maximum absolute atomic E-state index is 12.3. The number of rotatable bonds is 5. The van der Waals surface area contributed by atoms with Crippen LogP contribution in [0.5, 0.6) is 0 Å². The summed E-state index contributed by atoms with van der Waals surface area (Å²) in [5, 5.41) is 6.44. The number of hydrogen-bond acceptors (Lipinski definition) is 2. The number of fused-ring (bicyclic) bond motifs is 1. The van der Waals surface area contributed by atoms with E-state index in [1.165, 1.54) is 11.1 Å². The molecule has 0 radical (unpaired) electrons. The molecular weight excluding hydrogens is 236 g/mol. The maximum atomic E-state index is 12.3. The molecule has 1 heterocycles. The maximum Gasteiger partial charge on any atom is 0.251 e. The highest BCUT2D eigenvalue weighted by Gasteiger charge is 2.17. The van der Waals surface area contributed by atoms with Crippen LogP contribution in [-0.2, 0) is 13.0 Å². The van der Waals surface area contributed by atoms with E-state index in [1.54, 1.807) is 0 Å². The molecule has 1 aromatic carbocycles. The first kappa shape index (κ1) is 14.1. The fraction of sp³-hybridized carbons (Fsp3) is 0.562. The molecule has 0 bridgehead atoms. The van der Waals surface area contributed by atoms with Crippen molar-refractivity contribution in [1.82, 2.24) is 10.6 Å². The highest BCUT2D eigenvalue weighted by molar-refractivity contribution is 5.96. The molecule has 1 amide bonds. The Morgan fingerprint density at radius 3 is 2.89 bits per heavy atom. The average Bonchev–Trinajstić information content (AvgIpc) is 2.47. The molecule has 0 atom stereocenters. The predicted octanol–water partition coefficient (Wildman–Crippen LogP) is 2.50. The van der Waals surface area contributed by atoms with E-state index in [9.17, 15) is 4.79 Å². The van der Waals surface area contributed by atoms with E-state index in [4.69, 9.17) is 0 Å². The van der Waals surface area contributed by atoms with Crippen molar-refractivity contribution in [3.05, 3.63) is 34.9 Å². The standard InChI is InChI=1S/C16H24N2O/c1-3-12(4-2)10-18-16(19)15-7-5-6-13-11-17-9-8-14(13)15/h5-7,12,17H,3-4,8-11H2,1-2H3,(H,18,19). The van der Waals surface area contributed by atoms with Crippen LogP contribution in [0.3, 0.4) is 0 Å². The third-order valence-electron chi connectivity index (χ3n) is 4.09. The van der Waals surface area contributed by atoms with Gasteiger partial charge < -0.3 is 10.6 Å². The van der Waals surface area contributed by atoms with Crippen molar-refractivity contribution in [2.45, 2.75) is 39.7 Å². The average molecular weight is 260 g/mol. The fourth-order valence-electron chi connectivity index (χ4n) is 2.65. The fourth-order valence-corrected chi connectivity index (χ4v) is 2.65. The molecule has 3 heteroatoms. The van der Waals surface area contributed by atoms with Crippen LogP contribution < -0.4 is 10.6 Å². The summed E-state index contributed by atoms with van der Waals surface area (Å²) >= 11 is 0. The first-order valence-corrected chi connectivity index (χ1v) is 7.35. The van der Waals surface area contributed by atoms with Crippen LogP contribution in [0.2, 0.25) is 0 Å². The van der Waals surface area contributed by atoms with E-state index in [1.807, 2.05) is 12.1 Å². The van der Waals surface area contributed by atoms with Crippen molar-refractivity contribution in [3.8, 4) is 0 Å². The van der Waals surface area contributed by atoms with Gasteiger partial charge in [0.15, 0.2) is 0 Å². The molecule has 2 rings (SSSR count). The van der Waals surface area contributed by atoms with E-state index in [-0.39, 0.29) is 5.91 Å². The first-order valence-electron chi connectivity index (χ1n) is 7.35. The molecule has 0 saturated heterocycles. The summed E-state index contributed by atoms with van der Waals surface area (Å²) in [6, 6.07) is 6.05. The molecule has 3 nitrogen and oxygen atoms in total. The van der Waals surface area contributed by atoms with E-state index in [2.05, 4.69) is 30.5 Å². The Bertz CT molecular complexity index is 438. The lowest BCUT2D eigenvalue weighted by molar-refractivity contribution is 0.0945. The summed E-state index contributed by atoms with van der Waals surface area (Å²) in [5.41, 5.74) is 3.36. The molecular formula is C16H24N2O. The van der Waals surface area contributed by atoms with Crippen molar-refractivity contribution in [2.75, 3.05) is 13.1 Å². The molecule has 104 valence electrons. The number of amides is 1. The second kappa shape index (κ2) is 6.71. The molecule has 1 aromatic rings. The van der Waals surface area contributed by atoms with Crippen molar-refractivity contribution in [2.24, 2.45) is 5.92 Å². The smallest absolute Gasteiger partial charge is 0.251 e. The van der Waals surface area contributed by atoms with Gasteiger partial charge >= 0.3 is 0 Å². The van der Waals surface area contributed by atoms with Crippen LogP contribution in [-0.4, -0.2) is 19.0 Å². The Balaban J connectivity index is 2.07. The monoisotopic (exact) mass is 260 g/mol. The highest BCUT2D eigenvalue weighted by atomic mass is 16.1. The second-order valence-electron chi connectivity index (χ2n) is 5.26. The Morgan fingerprint density at radius 1 is 1.37 bits per heavy atom. The zero-order valence-electron chi connectivity index (χ0n) is 12.0. The number of benzene rings is 1. The van der Waals surface area contributed by atoms with Gasteiger partial charge in [-0.25, -0.2) is 0 Å². The summed E-state index contributed by atoms with van der Waals surface area (Å²) in [5.74, 6) is 0.677.